The van der Waals surface area contributed by atoms with Crippen LogP contribution < -0.4 is 4.72 Å². The summed E-state index contributed by atoms with van der Waals surface area (Å²) < 4.78 is 26.2. The summed E-state index contributed by atoms with van der Waals surface area (Å²) >= 11 is 14.2. The maximum absolute atomic E-state index is 11.9. The number of nitrogens with one attached hydrogen (secondary N) is 1. The van der Waals surface area contributed by atoms with Crippen LogP contribution in [0.5, 0.6) is 0 Å². The van der Waals surface area contributed by atoms with E-state index in [9.17, 15) is 13.2 Å². The topological polar surface area (TPSA) is 83.5 Å². The Bertz CT molecular complexity index is 645. The lowest BCUT2D eigenvalue weighted by molar-refractivity contribution is 0.0696. The lowest BCUT2D eigenvalue weighted by Crippen LogP contribution is -2.25. The van der Waals surface area contributed by atoms with E-state index in [0.29, 0.717) is 0 Å². The summed E-state index contributed by atoms with van der Waals surface area (Å²) in [7, 11) is -3.90. The monoisotopic (exact) mass is 387 g/mol. The molecular formula is C10H8BrCl2NO4S. The molecule has 0 atom stereocenters. The van der Waals surface area contributed by atoms with E-state index >= 15 is 0 Å². The highest BCUT2D eigenvalue weighted by Gasteiger charge is 2.20. The van der Waals surface area contributed by atoms with Gasteiger partial charge in [-0.3, -0.25) is 0 Å². The third-order valence-corrected chi connectivity index (χ3v) is 4.77. The molecule has 0 saturated carbocycles. The molecule has 0 fully saturated rings. The molecule has 0 saturated heterocycles. The van der Waals surface area contributed by atoms with Gasteiger partial charge in [-0.15, -0.1) is 0 Å². The van der Waals surface area contributed by atoms with Crippen LogP contribution in [-0.2, 0) is 10.0 Å². The fraction of sp³-hybridized carbons (Fsp3) is 0.100. The fourth-order valence-electron chi connectivity index (χ4n) is 1.13. The minimum atomic E-state index is -3.90. The quantitative estimate of drug-likeness (QED) is 0.812. The maximum Gasteiger partial charge on any atom is 0.337 e. The molecule has 9 heteroatoms. The lowest BCUT2D eigenvalue weighted by atomic mass is 10.2. The van der Waals surface area contributed by atoms with Gasteiger partial charge in [0.15, 0.2) is 0 Å². The van der Waals surface area contributed by atoms with E-state index in [1.54, 1.807) is 0 Å². The molecule has 0 heterocycles. The zero-order valence-corrected chi connectivity index (χ0v) is 13.2. The van der Waals surface area contributed by atoms with Crippen molar-refractivity contribution in [3.8, 4) is 0 Å². The Labute approximate surface area is 128 Å². The molecule has 0 aromatic heterocycles. The highest BCUT2D eigenvalue weighted by molar-refractivity contribution is 9.10. The zero-order valence-electron chi connectivity index (χ0n) is 9.28. The number of rotatable bonds is 5. The Morgan fingerprint density at radius 2 is 2.05 bits per heavy atom. The zero-order chi connectivity index (χ0) is 14.8. The van der Waals surface area contributed by atoms with E-state index in [-0.39, 0.29) is 31.5 Å². The maximum atomic E-state index is 11.9. The fourth-order valence-corrected chi connectivity index (χ4v) is 3.16. The first kappa shape index (κ1) is 16.5. The number of hydrogen-bond acceptors (Lipinski definition) is 3. The summed E-state index contributed by atoms with van der Waals surface area (Å²) in [6.07, 6.45) is 0. The number of halogens is 3. The molecule has 0 radical (unpaired) electrons. The van der Waals surface area contributed by atoms with Crippen LogP contribution in [0.3, 0.4) is 0 Å². The standard InChI is InChI=1S/C10H8BrCl2NO4S/c1-5(12)4-14-19(17,18)6-2-7(10(15)16)9(13)8(11)3-6/h2-3,14H,1,4H2,(H,15,16). The molecule has 0 amide bonds. The van der Waals surface area contributed by atoms with Gasteiger partial charge in [0.25, 0.3) is 0 Å². The Balaban J connectivity index is 3.28. The SMILES string of the molecule is C=C(Cl)CNS(=O)(=O)c1cc(Br)c(Cl)c(C(=O)O)c1. The Morgan fingerprint density at radius 3 is 2.53 bits per heavy atom. The van der Waals surface area contributed by atoms with Crippen molar-refractivity contribution in [2.45, 2.75) is 4.90 Å². The summed E-state index contributed by atoms with van der Waals surface area (Å²) in [5.74, 6) is -1.33. The largest absolute Gasteiger partial charge is 0.478 e. The van der Waals surface area contributed by atoms with Crippen molar-refractivity contribution in [3.05, 3.63) is 38.8 Å². The van der Waals surface area contributed by atoms with Crippen molar-refractivity contribution in [3.63, 3.8) is 0 Å². The predicted molar refractivity (Wildman–Crippen MR) is 76.3 cm³/mol. The van der Waals surface area contributed by atoms with Crippen LogP contribution in [0.15, 0.2) is 33.1 Å². The van der Waals surface area contributed by atoms with Crippen molar-refractivity contribution in [1.29, 1.82) is 0 Å². The van der Waals surface area contributed by atoms with Crippen LogP contribution in [0.2, 0.25) is 5.02 Å². The first-order valence-electron chi connectivity index (χ1n) is 4.70. The highest BCUT2D eigenvalue weighted by atomic mass is 79.9. The summed E-state index contributed by atoms with van der Waals surface area (Å²) in [5.41, 5.74) is -0.318. The van der Waals surface area contributed by atoms with Crippen LogP contribution in [-0.4, -0.2) is 26.0 Å². The molecule has 2 N–H and O–H groups in total. The summed E-state index contributed by atoms with van der Waals surface area (Å²) in [4.78, 5) is 10.7. The van der Waals surface area contributed by atoms with E-state index in [1.807, 2.05) is 0 Å². The number of carbonyl (C=O) groups is 1. The number of benzene rings is 1. The molecular weight excluding hydrogens is 381 g/mol. The second-order valence-corrected chi connectivity index (χ2v) is 6.95. The minimum absolute atomic E-state index is 0.0757. The molecule has 0 aliphatic carbocycles. The first-order chi connectivity index (χ1) is 8.65. The summed E-state index contributed by atoms with van der Waals surface area (Å²) in [6.45, 7) is 3.18. The molecule has 1 aromatic rings. The third-order valence-electron chi connectivity index (χ3n) is 2.00. The molecule has 19 heavy (non-hydrogen) atoms. The lowest BCUT2D eigenvalue weighted by Gasteiger charge is -2.09. The Kier molecular flexibility index (Phi) is 5.40. The number of hydrogen-bond donors (Lipinski definition) is 2. The van der Waals surface area contributed by atoms with Crippen molar-refractivity contribution in [2.75, 3.05) is 6.54 Å². The molecule has 0 unspecified atom stereocenters. The smallest absolute Gasteiger partial charge is 0.337 e. The molecule has 0 bridgehead atoms. The summed E-state index contributed by atoms with van der Waals surface area (Å²) in [5, 5.41) is 8.97. The van der Waals surface area contributed by atoms with E-state index < -0.39 is 16.0 Å². The van der Waals surface area contributed by atoms with Gasteiger partial charge in [0.1, 0.15) is 0 Å². The van der Waals surface area contributed by atoms with Gasteiger partial charge in [-0.25, -0.2) is 17.9 Å². The van der Waals surface area contributed by atoms with Crippen LogP contribution in [0.1, 0.15) is 10.4 Å². The predicted octanol–water partition coefficient (Wildman–Crippen LogP) is 2.83. The molecule has 1 rings (SSSR count). The minimum Gasteiger partial charge on any atom is -0.478 e. The van der Waals surface area contributed by atoms with Crippen molar-refractivity contribution >= 4 is 55.1 Å². The van der Waals surface area contributed by atoms with Gasteiger partial charge < -0.3 is 5.11 Å². The van der Waals surface area contributed by atoms with Crippen LogP contribution >= 0.6 is 39.1 Å². The van der Waals surface area contributed by atoms with Gasteiger partial charge in [0.2, 0.25) is 10.0 Å². The number of carboxylic acids is 1. The van der Waals surface area contributed by atoms with Crippen LogP contribution in [0.4, 0.5) is 0 Å². The molecule has 0 aliphatic rings. The van der Waals surface area contributed by atoms with Gasteiger partial charge in [-0.1, -0.05) is 29.8 Å². The first-order valence-corrected chi connectivity index (χ1v) is 7.73. The molecule has 0 aliphatic heterocycles. The van der Waals surface area contributed by atoms with E-state index in [4.69, 9.17) is 28.3 Å². The van der Waals surface area contributed by atoms with Gasteiger partial charge in [-0.2, -0.15) is 0 Å². The molecule has 5 nitrogen and oxygen atoms in total. The van der Waals surface area contributed by atoms with E-state index in [2.05, 4.69) is 27.2 Å². The van der Waals surface area contributed by atoms with Gasteiger partial charge in [-0.05, 0) is 28.1 Å². The van der Waals surface area contributed by atoms with E-state index in [1.165, 1.54) is 6.07 Å². The van der Waals surface area contributed by atoms with Crippen molar-refractivity contribution in [2.24, 2.45) is 0 Å². The third kappa shape index (κ3) is 4.19. The Hall–Kier alpha value is -0.600. The van der Waals surface area contributed by atoms with Crippen molar-refractivity contribution in [1.82, 2.24) is 4.72 Å². The average molecular weight is 389 g/mol. The van der Waals surface area contributed by atoms with E-state index in [0.717, 1.165) is 6.07 Å². The molecule has 0 spiro atoms. The number of aromatic carboxylic acids is 1. The molecule has 1 aromatic carbocycles. The molecule has 104 valence electrons. The van der Waals surface area contributed by atoms with Crippen molar-refractivity contribution < 1.29 is 18.3 Å². The summed E-state index contributed by atoms with van der Waals surface area (Å²) in [6, 6.07) is 2.17. The van der Waals surface area contributed by atoms with Gasteiger partial charge in [0, 0.05) is 16.0 Å². The Morgan fingerprint density at radius 1 is 1.47 bits per heavy atom. The average Bonchev–Trinajstić information content (AvgIpc) is 2.29. The normalized spacial score (nSPS) is 11.3. The van der Waals surface area contributed by atoms with Crippen LogP contribution in [0.25, 0.3) is 0 Å². The second-order valence-electron chi connectivity index (χ2n) is 3.41. The second kappa shape index (κ2) is 6.23. The van der Waals surface area contributed by atoms with Gasteiger partial charge >= 0.3 is 5.97 Å². The number of carboxylic acid groups (broad SMARTS) is 1. The van der Waals surface area contributed by atoms with Crippen LogP contribution in [0, 0.1) is 0 Å². The van der Waals surface area contributed by atoms with Gasteiger partial charge in [0.05, 0.1) is 15.5 Å². The number of sulfonamides is 1. The highest BCUT2D eigenvalue weighted by Crippen LogP contribution is 2.29.